The van der Waals surface area contributed by atoms with Crippen molar-refractivity contribution in [3.63, 3.8) is 0 Å². The summed E-state index contributed by atoms with van der Waals surface area (Å²) in [6.07, 6.45) is 20.0. The lowest BCUT2D eigenvalue weighted by Crippen LogP contribution is -2.55. The van der Waals surface area contributed by atoms with Gasteiger partial charge in [0.2, 0.25) is 0 Å². The van der Waals surface area contributed by atoms with Crippen molar-refractivity contribution < 1.29 is 21.5 Å². The average molecular weight is 437 g/mol. The SMILES string of the molecule is CCCCCCCC[NH3+].CCCCCCCC[NH3+].CCCCc1ccc(B([O-])[O-])cc1. The summed E-state index contributed by atoms with van der Waals surface area (Å²) >= 11 is 0. The molecule has 0 aliphatic rings. The Hall–Kier alpha value is -0.875. The molecule has 1 rings (SSSR count). The molecule has 0 amide bonds. The first-order valence-electron chi connectivity index (χ1n) is 13.1. The largest absolute Gasteiger partial charge is 0.889 e. The first-order chi connectivity index (χ1) is 15.1. The summed E-state index contributed by atoms with van der Waals surface area (Å²) in [4.78, 5) is 0. The molecule has 0 fully saturated rings. The van der Waals surface area contributed by atoms with E-state index < -0.39 is 7.12 Å². The highest BCUT2D eigenvalue weighted by Crippen LogP contribution is 2.04. The highest BCUT2D eigenvalue weighted by Gasteiger charge is 1.92. The summed E-state index contributed by atoms with van der Waals surface area (Å²) in [7, 11) is -1.85. The van der Waals surface area contributed by atoms with Gasteiger partial charge in [-0.3, -0.25) is 0 Å². The van der Waals surface area contributed by atoms with Crippen LogP contribution in [0, 0.1) is 0 Å². The molecular weight excluding hydrogens is 383 g/mol. The van der Waals surface area contributed by atoms with E-state index in [0.29, 0.717) is 5.46 Å². The Balaban J connectivity index is 0. The predicted molar refractivity (Wildman–Crippen MR) is 133 cm³/mol. The van der Waals surface area contributed by atoms with Crippen LogP contribution < -0.4 is 27.0 Å². The van der Waals surface area contributed by atoms with Gasteiger partial charge in [0.1, 0.15) is 0 Å². The van der Waals surface area contributed by atoms with Crippen LogP contribution in [0.15, 0.2) is 24.3 Å². The monoisotopic (exact) mass is 436 g/mol. The van der Waals surface area contributed by atoms with E-state index in [1.807, 2.05) is 12.1 Å². The molecule has 1 aromatic rings. The maximum atomic E-state index is 10.5. The second-order valence-corrected chi connectivity index (χ2v) is 8.42. The second-order valence-electron chi connectivity index (χ2n) is 8.42. The van der Waals surface area contributed by atoms with Crippen LogP contribution in [0.5, 0.6) is 0 Å². The molecule has 0 saturated carbocycles. The fourth-order valence-electron chi connectivity index (χ4n) is 3.14. The van der Waals surface area contributed by atoms with E-state index in [2.05, 4.69) is 32.2 Å². The Morgan fingerprint density at radius 3 is 1.32 bits per heavy atom. The number of aryl methyl sites for hydroxylation is 1. The van der Waals surface area contributed by atoms with Crippen LogP contribution >= 0.6 is 0 Å². The van der Waals surface area contributed by atoms with Crippen LogP contribution in [0.25, 0.3) is 0 Å². The lowest BCUT2D eigenvalue weighted by Gasteiger charge is -2.26. The smallest absolute Gasteiger partial charge is 0.0739 e. The molecule has 0 spiro atoms. The third-order valence-corrected chi connectivity index (χ3v) is 5.28. The number of rotatable bonds is 16. The van der Waals surface area contributed by atoms with Gasteiger partial charge < -0.3 is 21.5 Å². The summed E-state index contributed by atoms with van der Waals surface area (Å²) in [6, 6.07) is 7.01. The minimum absolute atomic E-state index is 0.334. The van der Waals surface area contributed by atoms with Crippen LogP contribution in [0.3, 0.4) is 0 Å². The lowest BCUT2D eigenvalue weighted by molar-refractivity contribution is -0.368. The van der Waals surface area contributed by atoms with Crippen molar-refractivity contribution in [2.45, 2.75) is 117 Å². The van der Waals surface area contributed by atoms with E-state index in [0.717, 1.165) is 32.4 Å². The third kappa shape index (κ3) is 25.3. The number of benzene rings is 1. The van der Waals surface area contributed by atoms with Crippen LogP contribution in [0.1, 0.15) is 116 Å². The minimum atomic E-state index is -1.85. The molecule has 0 atom stereocenters. The van der Waals surface area contributed by atoms with Crippen LogP contribution in [0.2, 0.25) is 0 Å². The molecule has 0 radical (unpaired) electrons. The van der Waals surface area contributed by atoms with E-state index >= 15 is 0 Å². The van der Waals surface area contributed by atoms with Crippen molar-refractivity contribution in [3.05, 3.63) is 29.8 Å². The predicted octanol–water partition coefficient (Wildman–Crippen LogP) is 2.62. The molecule has 0 aliphatic heterocycles. The molecule has 1 aromatic carbocycles. The highest BCUT2D eigenvalue weighted by molar-refractivity contribution is 6.55. The molecule has 0 unspecified atom stereocenters. The van der Waals surface area contributed by atoms with Crippen molar-refractivity contribution in [2.24, 2.45) is 0 Å². The summed E-state index contributed by atoms with van der Waals surface area (Å²) < 4.78 is 0. The van der Waals surface area contributed by atoms with Crippen molar-refractivity contribution >= 4 is 12.6 Å². The van der Waals surface area contributed by atoms with E-state index in [1.165, 1.54) is 82.6 Å². The Morgan fingerprint density at radius 2 is 0.968 bits per heavy atom. The van der Waals surface area contributed by atoms with Gasteiger partial charge in [0.05, 0.1) is 13.1 Å². The fourth-order valence-corrected chi connectivity index (χ4v) is 3.14. The number of unbranched alkanes of at least 4 members (excludes halogenated alkanes) is 11. The minimum Gasteiger partial charge on any atom is -0.889 e. The van der Waals surface area contributed by atoms with E-state index in [4.69, 9.17) is 0 Å². The van der Waals surface area contributed by atoms with Gasteiger partial charge >= 0.3 is 0 Å². The van der Waals surface area contributed by atoms with Gasteiger partial charge in [0.25, 0.3) is 0 Å². The summed E-state index contributed by atoms with van der Waals surface area (Å²) in [5, 5.41) is 21.0. The van der Waals surface area contributed by atoms with Crippen molar-refractivity contribution in [1.29, 1.82) is 0 Å². The summed E-state index contributed by atoms with van der Waals surface area (Å²) in [5.41, 5.74) is 9.14. The fraction of sp³-hybridized carbons (Fsp3) is 0.769. The maximum absolute atomic E-state index is 10.5. The Labute approximate surface area is 194 Å². The van der Waals surface area contributed by atoms with Crippen molar-refractivity contribution in [1.82, 2.24) is 0 Å². The summed E-state index contributed by atoms with van der Waals surface area (Å²) in [6.45, 7) is 8.88. The third-order valence-electron chi connectivity index (χ3n) is 5.28. The zero-order chi connectivity index (χ0) is 23.6. The molecule has 0 bridgehead atoms. The molecule has 31 heavy (non-hydrogen) atoms. The Morgan fingerprint density at radius 1 is 0.581 bits per heavy atom. The van der Waals surface area contributed by atoms with Crippen molar-refractivity contribution in [3.8, 4) is 0 Å². The quantitative estimate of drug-likeness (QED) is 0.307. The first kappa shape index (κ1) is 32.3. The highest BCUT2D eigenvalue weighted by atomic mass is 16.4. The van der Waals surface area contributed by atoms with E-state index in [1.54, 1.807) is 12.1 Å². The Bertz CT molecular complexity index is 416. The molecule has 4 nitrogen and oxygen atoms in total. The number of quaternary nitrogens is 2. The lowest BCUT2D eigenvalue weighted by atomic mass is 9.80. The number of hydrogen-bond donors (Lipinski definition) is 2. The van der Waals surface area contributed by atoms with Crippen LogP contribution in [0.4, 0.5) is 0 Å². The molecule has 6 N–H and O–H groups in total. The molecule has 5 heteroatoms. The van der Waals surface area contributed by atoms with Crippen LogP contribution in [-0.2, 0) is 6.42 Å². The van der Waals surface area contributed by atoms with Gasteiger partial charge in [-0.2, -0.15) is 0 Å². The Kier molecular flexibility index (Phi) is 28.3. The zero-order valence-electron chi connectivity index (χ0n) is 21.1. The molecule has 0 heterocycles. The molecule has 0 aliphatic carbocycles. The number of hydrogen-bond acceptors (Lipinski definition) is 2. The van der Waals surface area contributed by atoms with Gasteiger partial charge in [0, 0.05) is 0 Å². The van der Waals surface area contributed by atoms with E-state index in [9.17, 15) is 10.0 Å². The molecule has 0 aromatic heterocycles. The topological polar surface area (TPSA) is 101 Å². The second kappa shape index (κ2) is 27.2. The van der Waals surface area contributed by atoms with Gasteiger partial charge in [-0.25, -0.2) is 0 Å². The zero-order valence-corrected chi connectivity index (χ0v) is 21.1. The average Bonchev–Trinajstić information content (AvgIpc) is 2.79. The van der Waals surface area contributed by atoms with Gasteiger partial charge in [-0.15, -0.1) is 5.46 Å². The van der Waals surface area contributed by atoms with E-state index in [-0.39, 0.29) is 0 Å². The molecular formula is C26H53BN2O2. The normalized spacial score (nSPS) is 10.0. The first-order valence-corrected chi connectivity index (χ1v) is 13.1. The van der Waals surface area contributed by atoms with Crippen LogP contribution in [-0.4, -0.2) is 20.2 Å². The molecule has 0 saturated heterocycles. The van der Waals surface area contributed by atoms with Crippen molar-refractivity contribution in [2.75, 3.05) is 13.1 Å². The maximum Gasteiger partial charge on any atom is 0.0739 e. The van der Waals surface area contributed by atoms with Gasteiger partial charge in [-0.1, -0.05) is 110 Å². The van der Waals surface area contributed by atoms with Gasteiger partial charge in [-0.05, 0) is 44.1 Å². The van der Waals surface area contributed by atoms with Gasteiger partial charge in [0.15, 0.2) is 0 Å². The standard InChI is InChI=1S/C10H13BO2.2C8H19N/c1-2-3-4-9-5-7-10(8-6-9)11(12)13;2*1-2-3-4-5-6-7-8-9/h5-8H,2-4H2,1H3;2*2-9H2,1H3/q-2;;/p+2. The summed E-state index contributed by atoms with van der Waals surface area (Å²) in [5.74, 6) is 0. The molecule has 182 valence electrons.